The fraction of sp³-hybridized carbons (Fsp3) is 0.105. The Labute approximate surface area is 156 Å². The highest BCUT2D eigenvalue weighted by molar-refractivity contribution is 6.31. The fourth-order valence-corrected chi connectivity index (χ4v) is 2.43. The molecule has 2 aromatic carbocycles. The van der Waals surface area contributed by atoms with Crippen molar-refractivity contribution in [3.8, 4) is 5.75 Å². The molecule has 0 aliphatic rings. The van der Waals surface area contributed by atoms with Gasteiger partial charge in [-0.1, -0.05) is 29.3 Å². The van der Waals surface area contributed by atoms with E-state index in [1.165, 1.54) is 12.4 Å². The Bertz CT molecular complexity index is 912. The van der Waals surface area contributed by atoms with Gasteiger partial charge < -0.3 is 15.4 Å². The van der Waals surface area contributed by atoms with E-state index in [1.807, 2.05) is 31.2 Å². The summed E-state index contributed by atoms with van der Waals surface area (Å²) in [5.74, 6) is 0.767. The third-order valence-electron chi connectivity index (χ3n) is 3.62. The molecule has 3 rings (SSSR count). The van der Waals surface area contributed by atoms with Crippen LogP contribution in [0.1, 0.15) is 16.1 Å². The summed E-state index contributed by atoms with van der Waals surface area (Å²) in [5, 5.41) is 6.42. The summed E-state index contributed by atoms with van der Waals surface area (Å²) in [4.78, 5) is 20.6. The molecule has 3 aromatic rings. The fourth-order valence-electron chi connectivity index (χ4n) is 2.26. The van der Waals surface area contributed by atoms with Gasteiger partial charge in [0.15, 0.2) is 0 Å². The van der Waals surface area contributed by atoms with Crippen molar-refractivity contribution >= 4 is 34.7 Å². The first-order valence-corrected chi connectivity index (χ1v) is 8.23. The van der Waals surface area contributed by atoms with E-state index in [0.717, 1.165) is 5.56 Å². The van der Waals surface area contributed by atoms with Crippen molar-refractivity contribution in [3.63, 3.8) is 0 Å². The summed E-state index contributed by atoms with van der Waals surface area (Å²) in [5.41, 5.74) is 2.70. The molecule has 0 bridgehead atoms. The van der Waals surface area contributed by atoms with Crippen LogP contribution in [-0.2, 0) is 0 Å². The van der Waals surface area contributed by atoms with Crippen LogP contribution in [0.4, 0.5) is 17.2 Å². The molecule has 1 amide bonds. The number of hydrogen-bond donors (Lipinski definition) is 2. The van der Waals surface area contributed by atoms with Crippen LogP contribution >= 0.6 is 11.6 Å². The number of benzene rings is 2. The highest BCUT2D eigenvalue weighted by Crippen LogP contribution is 2.29. The van der Waals surface area contributed by atoms with E-state index < -0.39 is 0 Å². The number of aromatic nitrogens is 2. The van der Waals surface area contributed by atoms with Crippen LogP contribution in [-0.4, -0.2) is 23.0 Å². The molecule has 0 aliphatic carbocycles. The Balaban J connectivity index is 1.71. The molecule has 0 aliphatic heterocycles. The van der Waals surface area contributed by atoms with Gasteiger partial charge in [-0.15, -0.1) is 0 Å². The normalized spacial score (nSPS) is 10.3. The van der Waals surface area contributed by atoms with Crippen molar-refractivity contribution in [1.29, 1.82) is 0 Å². The van der Waals surface area contributed by atoms with Crippen LogP contribution in [0, 0.1) is 6.92 Å². The highest BCUT2D eigenvalue weighted by Gasteiger charge is 2.10. The Morgan fingerprint density at radius 1 is 1.08 bits per heavy atom. The van der Waals surface area contributed by atoms with Gasteiger partial charge in [0.1, 0.15) is 17.3 Å². The average Bonchev–Trinajstić information content (AvgIpc) is 2.64. The first-order chi connectivity index (χ1) is 12.5. The molecule has 0 radical (unpaired) electrons. The number of nitrogens with zero attached hydrogens (tertiary/aromatic N) is 2. The molecular weight excluding hydrogens is 352 g/mol. The van der Waals surface area contributed by atoms with Crippen molar-refractivity contribution in [3.05, 3.63) is 71.1 Å². The molecule has 0 unspecified atom stereocenters. The van der Waals surface area contributed by atoms with E-state index in [0.29, 0.717) is 28.0 Å². The molecule has 1 aromatic heterocycles. The summed E-state index contributed by atoms with van der Waals surface area (Å²) < 4.78 is 5.28. The first-order valence-electron chi connectivity index (χ1n) is 7.86. The van der Waals surface area contributed by atoms with Crippen LogP contribution in [0.15, 0.2) is 54.9 Å². The highest BCUT2D eigenvalue weighted by atomic mass is 35.5. The maximum absolute atomic E-state index is 12.2. The average molecular weight is 369 g/mol. The van der Waals surface area contributed by atoms with E-state index >= 15 is 0 Å². The summed E-state index contributed by atoms with van der Waals surface area (Å²) in [7, 11) is 1.57. The van der Waals surface area contributed by atoms with E-state index in [1.54, 1.807) is 25.3 Å². The molecule has 6 nitrogen and oxygen atoms in total. The maximum Gasteiger partial charge on any atom is 0.275 e. The third-order valence-corrected chi connectivity index (χ3v) is 3.85. The summed E-state index contributed by atoms with van der Waals surface area (Å²) in [6, 6.07) is 12.7. The lowest BCUT2D eigenvalue weighted by Crippen LogP contribution is -2.14. The van der Waals surface area contributed by atoms with Gasteiger partial charge in [-0.05, 0) is 37.3 Å². The van der Waals surface area contributed by atoms with Crippen LogP contribution in [0.25, 0.3) is 0 Å². The minimum atomic E-state index is -0.326. The monoisotopic (exact) mass is 368 g/mol. The second kappa shape index (κ2) is 7.84. The predicted molar refractivity (Wildman–Crippen MR) is 102 cm³/mol. The number of carbonyl (C=O) groups is 1. The number of carbonyl (C=O) groups excluding carboxylic acids is 1. The number of methoxy groups -OCH3 is 1. The molecule has 1 heterocycles. The smallest absolute Gasteiger partial charge is 0.275 e. The number of ether oxygens (including phenoxy) is 1. The van der Waals surface area contributed by atoms with Gasteiger partial charge in [-0.25, -0.2) is 9.97 Å². The van der Waals surface area contributed by atoms with Gasteiger partial charge in [0.2, 0.25) is 0 Å². The Morgan fingerprint density at radius 3 is 2.50 bits per heavy atom. The summed E-state index contributed by atoms with van der Waals surface area (Å²) in [6.07, 6.45) is 2.88. The Kier molecular flexibility index (Phi) is 5.34. The standard InChI is InChI=1S/C19H17ClN4O2/c1-12-3-6-14(7-4-12)23-19(25)16-10-22-18(11-21-16)24-15-9-13(20)5-8-17(15)26-2/h3-11H,1-2H3,(H,22,24)(H,23,25). The van der Waals surface area contributed by atoms with Crippen LogP contribution < -0.4 is 15.4 Å². The molecule has 0 atom stereocenters. The molecule has 0 saturated heterocycles. The number of nitrogens with one attached hydrogen (secondary N) is 2. The molecule has 0 fully saturated rings. The molecule has 2 N–H and O–H groups in total. The van der Waals surface area contributed by atoms with Gasteiger partial charge in [0.25, 0.3) is 5.91 Å². The van der Waals surface area contributed by atoms with Crippen molar-refractivity contribution in [2.45, 2.75) is 6.92 Å². The lowest BCUT2D eigenvalue weighted by Gasteiger charge is -2.11. The SMILES string of the molecule is COc1ccc(Cl)cc1Nc1cnc(C(=O)Nc2ccc(C)cc2)cn1. The van der Waals surface area contributed by atoms with Crippen molar-refractivity contribution in [2.24, 2.45) is 0 Å². The number of hydrogen-bond acceptors (Lipinski definition) is 5. The van der Waals surface area contributed by atoms with Gasteiger partial charge in [0, 0.05) is 10.7 Å². The molecule has 132 valence electrons. The zero-order valence-electron chi connectivity index (χ0n) is 14.3. The van der Waals surface area contributed by atoms with E-state index in [2.05, 4.69) is 20.6 Å². The molecule has 26 heavy (non-hydrogen) atoms. The van der Waals surface area contributed by atoms with Gasteiger partial charge >= 0.3 is 0 Å². The van der Waals surface area contributed by atoms with Crippen molar-refractivity contribution < 1.29 is 9.53 Å². The topological polar surface area (TPSA) is 76.1 Å². The van der Waals surface area contributed by atoms with Gasteiger partial charge in [0.05, 0.1) is 25.2 Å². The minimum absolute atomic E-state index is 0.217. The largest absolute Gasteiger partial charge is 0.495 e. The lowest BCUT2D eigenvalue weighted by molar-refractivity contribution is 0.102. The third kappa shape index (κ3) is 4.29. The number of halogens is 1. The zero-order valence-corrected chi connectivity index (χ0v) is 15.0. The quantitative estimate of drug-likeness (QED) is 0.696. The molecule has 0 spiro atoms. The maximum atomic E-state index is 12.2. The Morgan fingerprint density at radius 2 is 1.85 bits per heavy atom. The van der Waals surface area contributed by atoms with Crippen molar-refractivity contribution in [2.75, 3.05) is 17.7 Å². The van der Waals surface area contributed by atoms with Crippen LogP contribution in [0.2, 0.25) is 5.02 Å². The zero-order chi connectivity index (χ0) is 18.5. The van der Waals surface area contributed by atoms with Crippen molar-refractivity contribution in [1.82, 2.24) is 9.97 Å². The van der Waals surface area contributed by atoms with Gasteiger partial charge in [-0.2, -0.15) is 0 Å². The number of aryl methyl sites for hydroxylation is 1. The Hall–Kier alpha value is -3.12. The predicted octanol–water partition coefficient (Wildman–Crippen LogP) is 4.44. The first kappa shape index (κ1) is 17.7. The van der Waals surface area contributed by atoms with Crippen LogP contribution in [0.5, 0.6) is 5.75 Å². The number of anilines is 3. The second-order valence-electron chi connectivity index (χ2n) is 5.58. The summed E-state index contributed by atoms with van der Waals surface area (Å²) >= 11 is 6.01. The molecular formula is C19H17ClN4O2. The number of rotatable bonds is 5. The second-order valence-corrected chi connectivity index (χ2v) is 6.01. The number of amides is 1. The lowest BCUT2D eigenvalue weighted by atomic mass is 10.2. The minimum Gasteiger partial charge on any atom is -0.495 e. The van der Waals surface area contributed by atoms with Crippen LogP contribution in [0.3, 0.4) is 0 Å². The molecule has 7 heteroatoms. The molecule has 0 saturated carbocycles. The van der Waals surface area contributed by atoms with E-state index in [9.17, 15) is 4.79 Å². The summed E-state index contributed by atoms with van der Waals surface area (Å²) in [6.45, 7) is 1.98. The van der Waals surface area contributed by atoms with Gasteiger partial charge in [-0.3, -0.25) is 4.79 Å². The van der Waals surface area contributed by atoms with E-state index in [4.69, 9.17) is 16.3 Å². The van der Waals surface area contributed by atoms with E-state index in [-0.39, 0.29) is 11.6 Å².